The number of nitrogens with one attached hydrogen (secondary N) is 1. The van der Waals surface area contributed by atoms with Crippen LogP contribution in [0.15, 0.2) is 35.7 Å². The van der Waals surface area contributed by atoms with Crippen LogP contribution in [0.25, 0.3) is 0 Å². The van der Waals surface area contributed by atoms with Crippen molar-refractivity contribution in [2.24, 2.45) is 0 Å². The van der Waals surface area contributed by atoms with Gasteiger partial charge in [0.15, 0.2) is 0 Å². The Kier molecular flexibility index (Phi) is 4.64. The van der Waals surface area contributed by atoms with Gasteiger partial charge in [0.2, 0.25) is 0 Å². The number of ether oxygens (including phenoxy) is 1. The summed E-state index contributed by atoms with van der Waals surface area (Å²) in [5.41, 5.74) is 1.19. The Bertz CT molecular complexity index is 499. The minimum Gasteiger partial charge on any atom is -0.495 e. The van der Waals surface area contributed by atoms with Gasteiger partial charge in [0, 0.05) is 17.3 Å². The van der Waals surface area contributed by atoms with Gasteiger partial charge in [0.05, 0.1) is 12.1 Å². The quantitative estimate of drug-likeness (QED) is 0.897. The highest BCUT2D eigenvalue weighted by molar-refractivity contribution is 7.09. The largest absolute Gasteiger partial charge is 0.495 e. The van der Waals surface area contributed by atoms with Crippen molar-refractivity contribution < 1.29 is 4.74 Å². The van der Waals surface area contributed by atoms with E-state index in [4.69, 9.17) is 16.3 Å². The molecule has 0 radical (unpaired) electrons. The summed E-state index contributed by atoms with van der Waals surface area (Å²) in [5.74, 6) is 0.723. The maximum absolute atomic E-state index is 6.04. The van der Waals surface area contributed by atoms with Crippen LogP contribution in [0.4, 0.5) is 0 Å². The van der Waals surface area contributed by atoms with E-state index >= 15 is 0 Å². The predicted molar refractivity (Wildman–Crippen MR) is 77.8 cm³/mol. The number of rotatable bonds is 5. The summed E-state index contributed by atoms with van der Waals surface area (Å²) in [4.78, 5) is 1.36. The van der Waals surface area contributed by atoms with E-state index in [1.54, 1.807) is 18.4 Å². The number of hydrogen-bond acceptors (Lipinski definition) is 3. The van der Waals surface area contributed by atoms with Crippen LogP contribution in [0.5, 0.6) is 5.75 Å². The number of thiophene rings is 1. The van der Waals surface area contributed by atoms with Gasteiger partial charge < -0.3 is 10.1 Å². The molecule has 0 aliphatic heterocycles. The Hall–Kier alpha value is -1.03. The molecule has 0 aliphatic rings. The molecule has 0 saturated heterocycles. The summed E-state index contributed by atoms with van der Waals surface area (Å²) in [6.45, 7) is 0. The van der Waals surface area contributed by atoms with Crippen LogP contribution in [0.1, 0.15) is 16.5 Å². The maximum atomic E-state index is 6.04. The second-order valence-electron chi connectivity index (χ2n) is 4.02. The molecule has 0 fully saturated rings. The first-order valence-corrected chi connectivity index (χ1v) is 7.03. The van der Waals surface area contributed by atoms with Crippen LogP contribution in [0, 0.1) is 0 Å². The zero-order chi connectivity index (χ0) is 13.0. The number of methoxy groups -OCH3 is 1. The van der Waals surface area contributed by atoms with Gasteiger partial charge >= 0.3 is 0 Å². The van der Waals surface area contributed by atoms with Crippen molar-refractivity contribution in [2.45, 2.75) is 12.5 Å². The molecule has 1 aromatic heterocycles. The van der Waals surface area contributed by atoms with Crippen LogP contribution in [-0.4, -0.2) is 14.2 Å². The van der Waals surface area contributed by atoms with Crippen LogP contribution < -0.4 is 10.1 Å². The Morgan fingerprint density at radius 2 is 2.22 bits per heavy atom. The van der Waals surface area contributed by atoms with Crippen molar-refractivity contribution in [1.82, 2.24) is 5.32 Å². The molecule has 0 aliphatic carbocycles. The zero-order valence-electron chi connectivity index (χ0n) is 10.4. The Balaban J connectivity index is 2.21. The van der Waals surface area contributed by atoms with Gasteiger partial charge in [-0.15, -0.1) is 11.3 Å². The molecule has 0 bridgehead atoms. The van der Waals surface area contributed by atoms with E-state index in [1.165, 1.54) is 10.4 Å². The highest BCUT2D eigenvalue weighted by Gasteiger charge is 2.13. The van der Waals surface area contributed by atoms with Gasteiger partial charge in [0.1, 0.15) is 5.75 Å². The molecule has 18 heavy (non-hydrogen) atoms. The van der Waals surface area contributed by atoms with Crippen molar-refractivity contribution in [3.05, 3.63) is 51.2 Å². The minimum atomic E-state index is 0.273. The van der Waals surface area contributed by atoms with Gasteiger partial charge in [0.25, 0.3) is 0 Å². The SMILES string of the molecule is CNC(Cc1cccs1)c1ccc(Cl)c(OC)c1. The van der Waals surface area contributed by atoms with Crippen molar-refractivity contribution in [3.8, 4) is 5.75 Å². The van der Waals surface area contributed by atoms with E-state index in [9.17, 15) is 0 Å². The third kappa shape index (κ3) is 3.05. The van der Waals surface area contributed by atoms with Crippen LogP contribution in [0.2, 0.25) is 5.02 Å². The first-order chi connectivity index (χ1) is 8.74. The molecule has 1 N–H and O–H groups in total. The van der Waals surface area contributed by atoms with Gasteiger partial charge in [-0.3, -0.25) is 0 Å². The second kappa shape index (κ2) is 6.23. The third-order valence-electron chi connectivity index (χ3n) is 2.91. The smallest absolute Gasteiger partial charge is 0.137 e. The molecule has 0 spiro atoms. The average molecular weight is 282 g/mol. The monoisotopic (exact) mass is 281 g/mol. The number of benzene rings is 1. The van der Waals surface area contributed by atoms with Crippen LogP contribution in [0.3, 0.4) is 0 Å². The highest BCUT2D eigenvalue weighted by atomic mass is 35.5. The number of hydrogen-bond donors (Lipinski definition) is 1. The Morgan fingerprint density at radius 1 is 1.39 bits per heavy atom. The Morgan fingerprint density at radius 3 is 2.83 bits per heavy atom. The molecule has 1 aromatic carbocycles. The molecule has 2 nitrogen and oxygen atoms in total. The lowest BCUT2D eigenvalue weighted by molar-refractivity contribution is 0.413. The standard InChI is InChI=1S/C14H16ClNOS/c1-16-13(9-11-4-3-7-18-11)10-5-6-12(15)14(8-10)17-2/h3-8,13,16H,9H2,1-2H3. The third-order valence-corrected chi connectivity index (χ3v) is 4.12. The molecule has 0 amide bonds. The van der Waals surface area contributed by atoms with Crippen molar-refractivity contribution in [3.63, 3.8) is 0 Å². The average Bonchev–Trinajstić information content (AvgIpc) is 2.89. The van der Waals surface area contributed by atoms with E-state index < -0.39 is 0 Å². The fourth-order valence-corrected chi connectivity index (χ4v) is 2.86. The normalized spacial score (nSPS) is 12.4. The molecular weight excluding hydrogens is 266 g/mol. The molecule has 0 saturated carbocycles. The summed E-state index contributed by atoms with van der Waals surface area (Å²) in [7, 11) is 3.61. The molecular formula is C14H16ClNOS. The summed E-state index contributed by atoms with van der Waals surface area (Å²) < 4.78 is 5.26. The molecule has 96 valence electrons. The highest BCUT2D eigenvalue weighted by Crippen LogP contribution is 2.29. The first kappa shape index (κ1) is 13.4. The van der Waals surface area contributed by atoms with Crippen molar-refractivity contribution in [1.29, 1.82) is 0 Å². The summed E-state index contributed by atoms with van der Waals surface area (Å²) in [5, 5.41) is 6.08. The lowest BCUT2D eigenvalue weighted by Crippen LogP contribution is -2.18. The first-order valence-electron chi connectivity index (χ1n) is 5.77. The lowest BCUT2D eigenvalue weighted by Gasteiger charge is -2.17. The van der Waals surface area contributed by atoms with Gasteiger partial charge in [-0.2, -0.15) is 0 Å². The Labute approximate surface area is 117 Å². The molecule has 1 atom stereocenters. The topological polar surface area (TPSA) is 21.3 Å². The fraction of sp³-hybridized carbons (Fsp3) is 0.286. The molecule has 2 rings (SSSR count). The van der Waals surface area contributed by atoms with Crippen molar-refractivity contribution >= 4 is 22.9 Å². The predicted octanol–water partition coefficient (Wildman–Crippen LogP) is 3.91. The van der Waals surface area contributed by atoms with E-state index in [0.717, 1.165) is 12.2 Å². The minimum absolute atomic E-state index is 0.273. The van der Waals surface area contributed by atoms with Gasteiger partial charge in [-0.25, -0.2) is 0 Å². The van der Waals surface area contributed by atoms with E-state index in [2.05, 4.69) is 22.8 Å². The summed E-state index contributed by atoms with van der Waals surface area (Å²) in [6, 6.07) is 10.4. The van der Waals surface area contributed by atoms with E-state index in [-0.39, 0.29) is 6.04 Å². The number of halogens is 1. The van der Waals surface area contributed by atoms with E-state index in [1.807, 2.05) is 25.2 Å². The second-order valence-corrected chi connectivity index (χ2v) is 5.46. The molecule has 1 unspecified atom stereocenters. The lowest BCUT2D eigenvalue weighted by atomic mass is 10.0. The van der Waals surface area contributed by atoms with Crippen LogP contribution in [-0.2, 0) is 6.42 Å². The fourth-order valence-electron chi connectivity index (χ4n) is 1.91. The van der Waals surface area contributed by atoms with Crippen LogP contribution >= 0.6 is 22.9 Å². The number of likely N-dealkylation sites (N-methyl/N-ethyl adjacent to an activating group) is 1. The molecule has 4 heteroatoms. The zero-order valence-corrected chi connectivity index (χ0v) is 12.0. The van der Waals surface area contributed by atoms with Gasteiger partial charge in [-0.05, 0) is 36.2 Å². The van der Waals surface area contributed by atoms with Gasteiger partial charge in [-0.1, -0.05) is 23.7 Å². The summed E-state index contributed by atoms with van der Waals surface area (Å²) >= 11 is 7.82. The maximum Gasteiger partial charge on any atom is 0.137 e. The van der Waals surface area contributed by atoms with E-state index in [0.29, 0.717) is 5.02 Å². The van der Waals surface area contributed by atoms with Crippen molar-refractivity contribution in [2.75, 3.05) is 14.2 Å². The molecule has 1 heterocycles. The summed E-state index contributed by atoms with van der Waals surface area (Å²) in [6.07, 6.45) is 0.971. The molecule has 2 aromatic rings.